The molecule has 3 aromatic rings. The van der Waals surface area contributed by atoms with E-state index in [0.29, 0.717) is 6.54 Å². The molecule has 7 nitrogen and oxygen atoms in total. The Morgan fingerprint density at radius 2 is 2.04 bits per heavy atom. The van der Waals surface area contributed by atoms with Gasteiger partial charge in [-0.25, -0.2) is 4.79 Å². The molecule has 1 aromatic carbocycles. The van der Waals surface area contributed by atoms with Gasteiger partial charge in [0.1, 0.15) is 5.56 Å². The predicted molar refractivity (Wildman–Crippen MR) is 95.1 cm³/mol. The van der Waals surface area contributed by atoms with Crippen molar-refractivity contribution in [3.63, 3.8) is 0 Å². The highest BCUT2D eigenvalue weighted by Gasteiger charge is 2.31. The van der Waals surface area contributed by atoms with Crippen molar-refractivity contribution in [1.82, 2.24) is 19.4 Å². The Labute approximate surface area is 143 Å². The van der Waals surface area contributed by atoms with Gasteiger partial charge >= 0.3 is 5.69 Å². The van der Waals surface area contributed by atoms with Gasteiger partial charge in [0.05, 0.1) is 6.04 Å². The molecule has 4 rings (SSSR count). The first-order chi connectivity index (χ1) is 12.0. The number of aromatic amines is 1. The number of fused-ring (bicyclic) bond motifs is 3. The first-order valence-electron chi connectivity index (χ1n) is 8.40. The molecule has 0 bridgehead atoms. The van der Waals surface area contributed by atoms with Crippen LogP contribution in [0.25, 0.3) is 10.9 Å². The number of para-hydroxylation sites is 1. The predicted octanol–water partition coefficient (Wildman–Crippen LogP) is 0.989. The minimum absolute atomic E-state index is 0.205. The lowest BCUT2D eigenvalue weighted by atomic mass is 9.95. The van der Waals surface area contributed by atoms with Gasteiger partial charge < -0.3 is 15.4 Å². The van der Waals surface area contributed by atoms with E-state index in [0.717, 1.165) is 37.7 Å². The molecule has 0 fully saturated rings. The molecular weight excluding hydrogens is 320 g/mol. The number of aromatic nitrogens is 3. The first-order valence-corrected chi connectivity index (χ1v) is 8.40. The fraction of sp³-hybridized carbons (Fsp3) is 0.333. The first kappa shape index (κ1) is 15.7. The molecule has 0 aliphatic carbocycles. The molecule has 0 saturated heterocycles. The highest BCUT2D eigenvalue weighted by molar-refractivity contribution is 5.85. The molecule has 0 spiro atoms. The van der Waals surface area contributed by atoms with E-state index in [4.69, 9.17) is 0 Å². The third-order valence-corrected chi connectivity index (χ3v) is 5.02. The van der Waals surface area contributed by atoms with Crippen LogP contribution < -0.4 is 16.6 Å². The Kier molecular flexibility index (Phi) is 3.54. The molecule has 1 aliphatic heterocycles. The quantitative estimate of drug-likeness (QED) is 0.649. The highest BCUT2D eigenvalue weighted by atomic mass is 16.3. The van der Waals surface area contributed by atoms with Crippen LogP contribution in [0, 0.1) is 0 Å². The summed E-state index contributed by atoms with van der Waals surface area (Å²) in [6.45, 7) is 2.69. The minimum atomic E-state index is -0.513. The molecule has 1 aliphatic rings. The summed E-state index contributed by atoms with van der Waals surface area (Å²) in [5.41, 5.74) is 2.27. The summed E-state index contributed by atoms with van der Waals surface area (Å²) in [6, 6.07) is 7.52. The number of hydrogen-bond donors (Lipinski definition) is 3. The van der Waals surface area contributed by atoms with Crippen LogP contribution in [0.4, 0.5) is 0 Å². The Morgan fingerprint density at radius 1 is 1.28 bits per heavy atom. The number of nitrogens with zero attached hydrogens (tertiary/aromatic N) is 2. The maximum Gasteiger partial charge on any atom is 0.333 e. The topological polar surface area (TPSA) is 92.0 Å². The second-order valence-corrected chi connectivity index (χ2v) is 6.33. The van der Waals surface area contributed by atoms with Crippen molar-refractivity contribution in [2.24, 2.45) is 7.05 Å². The minimum Gasteiger partial charge on any atom is -0.494 e. The van der Waals surface area contributed by atoms with E-state index in [2.05, 4.69) is 16.4 Å². The number of hydrogen-bond acceptors (Lipinski definition) is 4. The van der Waals surface area contributed by atoms with Crippen molar-refractivity contribution >= 4 is 10.9 Å². The Balaban J connectivity index is 2.01. The zero-order chi connectivity index (χ0) is 17.7. The standard InChI is InChI=1S/C18H20N4O3/c1-3-22-17(24)13(16(23)21(2)18(22)25)15-14-11(8-9-19-15)10-6-4-5-7-12(10)20-14/h4-7,15,19-20,23H,3,8-9H2,1-2H3. The SMILES string of the molecule is CCn1c(=O)c(C2NCCc3c2[nH]c2ccccc32)c(O)n(C)c1=O. The van der Waals surface area contributed by atoms with Gasteiger partial charge in [0.25, 0.3) is 5.56 Å². The summed E-state index contributed by atoms with van der Waals surface area (Å²) in [4.78, 5) is 28.4. The normalized spacial score (nSPS) is 17.0. The Morgan fingerprint density at radius 3 is 2.80 bits per heavy atom. The summed E-state index contributed by atoms with van der Waals surface area (Å²) in [6.07, 6.45) is 0.838. The largest absolute Gasteiger partial charge is 0.494 e. The van der Waals surface area contributed by atoms with Crippen LogP contribution in [0.3, 0.4) is 0 Å². The second kappa shape index (κ2) is 5.63. The van der Waals surface area contributed by atoms with Crippen molar-refractivity contribution in [2.45, 2.75) is 25.9 Å². The van der Waals surface area contributed by atoms with Gasteiger partial charge in [-0.1, -0.05) is 18.2 Å². The van der Waals surface area contributed by atoms with E-state index in [-0.39, 0.29) is 18.0 Å². The van der Waals surface area contributed by atoms with Gasteiger partial charge in [0, 0.05) is 36.7 Å². The van der Waals surface area contributed by atoms with E-state index < -0.39 is 17.3 Å². The number of benzene rings is 1. The summed E-state index contributed by atoms with van der Waals surface area (Å²) in [5, 5.41) is 15.0. The zero-order valence-electron chi connectivity index (χ0n) is 14.2. The molecule has 3 heterocycles. The van der Waals surface area contributed by atoms with E-state index in [9.17, 15) is 14.7 Å². The van der Waals surface area contributed by atoms with Crippen LogP contribution in [-0.4, -0.2) is 25.8 Å². The molecule has 1 atom stereocenters. The number of nitrogens with one attached hydrogen (secondary N) is 2. The van der Waals surface area contributed by atoms with Gasteiger partial charge in [-0.05, 0) is 25.0 Å². The number of H-pyrrole nitrogens is 1. The van der Waals surface area contributed by atoms with Crippen molar-refractivity contribution < 1.29 is 5.11 Å². The van der Waals surface area contributed by atoms with Crippen LogP contribution in [0.1, 0.15) is 29.8 Å². The molecule has 130 valence electrons. The van der Waals surface area contributed by atoms with Crippen molar-refractivity contribution in [3.8, 4) is 5.88 Å². The van der Waals surface area contributed by atoms with Crippen molar-refractivity contribution in [2.75, 3.05) is 6.54 Å². The molecule has 25 heavy (non-hydrogen) atoms. The average Bonchev–Trinajstić information content (AvgIpc) is 3.00. The van der Waals surface area contributed by atoms with Crippen LogP contribution in [-0.2, 0) is 20.0 Å². The molecule has 2 aromatic heterocycles. The van der Waals surface area contributed by atoms with Gasteiger partial charge in [-0.2, -0.15) is 0 Å². The molecule has 7 heteroatoms. The van der Waals surface area contributed by atoms with E-state index in [1.54, 1.807) is 6.92 Å². The number of rotatable bonds is 2. The van der Waals surface area contributed by atoms with Gasteiger partial charge in [-0.3, -0.25) is 13.9 Å². The van der Waals surface area contributed by atoms with E-state index in [1.807, 2.05) is 18.2 Å². The lowest BCUT2D eigenvalue weighted by Crippen LogP contribution is -2.43. The Bertz CT molecular complexity index is 1090. The van der Waals surface area contributed by atoms with Crippen molar-refractivity contribution in [1.29, 1.82) is 0 Å². The fourth-order valence-electron chi connectivity index (χ4n) is 3.74. The summed E-state index contributed by atoms with van der Waals surface area (Å²) in [7, 11) is 1.47. The van der Waals surface area contributed by atoms with Gasteiger partial charge in [-0.15, -0.1) is 0 Å². The average molecular weight is 340 g/mol. The van der Waals surface area contributed by atoms with E-state index >= 15 is 0 Å². The monoisotopic (exact) mass is 340 g/mol. The maximum absolute atomic E-state index is 12.9. The third-order valence-electron chi connectivity index (χ3n) is 5.02. The molecule has 3 N–H and O–H groups in total. The smallest absolute Gasteiger partial charge is 0.333 e. The summed E-state index contributed by atoms with van der Waals surface area (Å²) in [5.74, 6) is -0.288. The number of aromatic hydroxyl groups is 1. The second-order valence-electron chi connectivity index (χ2n) is 6.33. The van der Waals surface area contributed by atoms with Crippen LogP contribution >= 0.6 is 0 Å². The van der Waals surface area contributed by atoms with Crippen LogP contribution in [0.2, 0.25) is 0 Å². The van der Waals surface area contributed by atoms with Crippen LogP contribution in [0.5, 0.6) is 5.88 Å². The summed E-state index contributed by atoms with van der Waals surface area (Å²) >= 11 is 0. The Hall–Kier alpha value is -2.80. The molecule has 0 amide bonds. The van der Waals surface area contributed by atoms with Gasteiger partial charge in [0.2, 0.25) is 5.88 Å². The fourth-order valence-corrected chi connectivity index (χ4v) is 3.74. The highest BCUT2D eigenvalue weighted by Crippen LogP contribution is 2.34. The maximum atomic E-state index is 12.9. The van der Waals surface area contributed by atoms with Crippen molar-refractivity contribution in [3.05, 3.63) is 61.9 Å². The molecule has 0 saturated carbocycles. The zero-order valence-corrected chi connectivity index (χ0v) is 14.2. The summed E-state index contributed by atoms with van der Waals surface area (Å²) < 4.78 is 2.27. The van der Waals surface area contributed by atoms with E-state index in [1.165, 1.54) is 7.05 Å². The lowest BCUT2D eigenvalue weighted by molar-refractivity contribution is 0.387. The third kappa shape index (κ3) is 2.16. The molecular formula is C18H20N4O3. The molecule has 0 radical (unpaired) electrons. The lowest BCUT2D eigenvalue weighted by Gasteiger charge is -2.25. The molecule has 1 unspecified atom stereocenters. The van der Waals surface area contributed by atoms with Gasteiger partial charge in [0.15, 0.2) is 0 Å². The van der Waals surface area contributed by atoms with Crippen LogP contribution in [0.15, 0.2) is 33.9 Å².